The molecule has 5 heteroatoms. The fourth-order valence-electron chi connectivity index (χ4n) is 0.538. The third-order valence-corrected chi connectivity index (χ3v) is 1.63. The van der Waals surface area contributed by atoms with Crippen molar-refractivity contribution in [2.24, 2.45) is 0 Å². The highest BCUT2D eigenvalue weighted by Crippen LogP contribution is 2.12. The van der Waals surface area contributed by atoms with E-state index in [2.05, 4.69) is 20.9 Å². The second kappa shape index (κ2) is 2.96. The molecule has 1 rings (SSSR count). The van der Waals surface area contributed by atoms with Gasteiger partial charge < -0.3 is 5.11 Å². The Morgan fingerprint density at radius 2 is 2.36 bits per heavy atom. The Bertz CT molecular complexity index is 303. The van der Waals surface area contributed by atoms with Crippen molar-refractivity contribution >= 4 is 21.9 Å². The molecular formula is C6H3BrFNO2. The normalized spacial score (nSPS) is 9.64. The van der Waals surface area contributed by atoms with Crippen LogP contribution in [0.1, 0.15) is 10.4 Å². The Morgan fingerprint density at radius 3 is 2.82 bits per heavy atom. The first kappa shape index (κ1) is 8.13. The summed E-state index contributed by atoms with van der Waals surface area (Å²) in [6.07, 6.45) is 1.08. The van der Waals surface area contributed by atoms with Gasteiger partial charge >= 0.3 is 5.97 Å². The molecule has 0 fully saturated rings. The summed E-state index contributed by atoms with van der Waals surface area (Å²) >= 11 is 2.80. The summed E-state index contributed by atoms with van der Waals surface area (Å²) in [5, 5.41) is 8.38. The Labute approximate surface area is 70.0 Å². The Kier molecular flexibility index (Phi) is 2.19. The fraction of sp³-hybridized carbons (Fsp3) is 0. The van der Waals surface area contributed by atoms with Gasteiger partial charge in [0.25, 0.3) is 0 Å². The van der Waals surface area contributed by atoms with Crippen molar-refractivity contribution in [2.45, 2.75) is 0 Å². The van der Waals surface area contributed by atoms with Crippen LogP contribution in [0, 0.1) is 5.82 Å². The van der Waals surface area contributed by atoms with E-state index < -0.39 is 11.8 Å². The van der Waals surface area contributed by atoms with Gasteiger partial charge in [-0.15, -0.1) is 0 Å². The molecule has 0 aliphatic heterocycles. The number of hydrogen-bond donors (Lipinski definition) is 1. The van der Waals surface area contributed by atoms with E-state index in [1.807, 2.05) is 0 Å². The van der Waals surface area contributed by atoms with Crippen LogP contribution in [-0.4, -0.2) is 16.1 Å². The second-order valence-corrected chi connectivity index (χ2v) is 2.55. The van der Waals surface area contributed by atoms with Crippen molar-refractivity contribution in [1.82, 2.24) is 4.98 Å². The topological polar surface area (TPSA) is 50.2 Å². The van der Waals surface area contributed by atoms with Crippen LogP contribution in [-0.2, 0) is 0 Å². The van der Waals surface area contributed by atoms with Gasteiger partial charge in [0.15, 0.2) is 5.82 Å². The fourth-order valence-corrected chi connectivity index (χ4v) is 0.755. The first-order valence-electron chi connectivity index (χ1n) is 2.65. The number of carboxylic acid groups (broad SMARTS) is 1. The summed E-state index contributed by atoms with van der Waals surface area (Å²) in [6.45, 7) is 0. The van der Waals surface area contributed by atoms with Crippen molar-refractivity contribution in [3.63, 3.8) is 0 Å². The zero-order valence-electron chi connectivity index (χ0n) is 5.21. The molecule has 58 valence electrons. The second-order valence-electron chi connectivity index (χ2n) is 1.80. The SMILES string of the molecule is O=C(O)c1cnc(Br)c(F)c1. The summed E-state index contributed by atoms with van der Waals surface area (Å²) in [4.78, 5) is 13.7. The van der Waals surface area contributed by atoms with Crippen LogP contribution in [0.2, 0.25) is 0 Å². The lowest BCUT2D eigenvalue weighted by Crippen LogP contribution is -1.98. The number of carbonyl (C=O) groups is 1. The van der Waals surface area contributed by atoms with E-state index in [4.69, 9.17) is 5.11 Å². The minimum atomic E-state index is -1.19. The summed E-state index contributed by atoms with van der Waals surface area (Å²) in [5.41, 5.74) is -0.161. The molecule has 0 saturated carbocycles. The van der Waals surface area contributed by atoms with Gasteiger partial charge in [0.05, 0.1) is 5.56 Å². The molecule has 1 aromatic rings. The number of aromatic nitrogens is 1. The third kappa shape index (κ3) is 1.74. The summed E-state index contributed by atoms with van der Waals surface area (Å²) in [7, 11) is 0. The molecule has 0 aliphatic carbocycles. The maximum absolute atomic E-state index is 12.6. The Hall–Kier alpha value is -0.970. The van der Waals surface area contributed by atoms with E-state index in [1.165, 1.54) is 0 Å². The molecule has 0 radical (unpaired) electrons. The highest BCUT2D eigenvalue weighted by Gasteiger charge is 2.06. The number of hydrogen-bond acceptors (Lipinski definition) is 2. The molecule has 0 bridgehead atoms. The van der Waals surface area contributed by atoms with Gasteiger partial charge in [0.2, 0.25) is 0 Å². The van der Waals surface area contributed by atoms with E-state index in [0.717, 1.165) is 12.3 Å². The van der Waals surface area contributed by atoms with Crippen molar-refractivity contribution in [1.29, 1.82) is 0 Å². The monoisotopic (exact) mass is 219 g/mol. The van der Waals surface area contributed by atoms with Gasteiger partial charge in [-0.25, -0.2) is 14.2 Å². The number of rotatable bonds is 1. The first-order valence-corrected chi connectivity index (χ1v) is 3.45. The number of carboxylic acids is 1. The minimum Gasteiger partial charge on any atom is -0.478 e. The standard InChI is InChI=1S/C6H3BrFNO2/c7-5-4(8)1-3(2-9-5)6(10)11/h1-2H,(H,10,11). The van der Waals surface area contributed by atoms with Crippen LogP contribution >= 0.6 is 15.9 Å². The minimum absolute atomic E-state index is 0.0162. The molecule has 0 aromatic carbocycles. The van der Waals surface area contributed by atoms with E-state index in [0.29, 0.717) is 0 Å². The Balaban J connectivity index is 3.15. The van der Waals surface area contributed by atoms with Gasteiger partial charge in [0.1, 0.15) is 4.60 Å². The molecule has 3 nitrogen and oxygen atoms in total. The van der Waals surface area contributed by atoms with Gasteiger partial charge in [-0.3, -0.25) is 0 Å². The van der Waals surface area contributed by atoms with Crippen molar-refractivity contribution in [3.8, 4) is 0 Å². The molecule has 0 saturated heterocycles. The van der Waals surface area contributed by atoms with Gasteiger partial charge in [-0.05, 0) is 22.0 Å². The zero-order valence-corrected chi connectivity index (χ0v) is 6.80. The predicted molar refractivity (Wildman–Crippen MR) is 38.9 cm³/mol. The molecule has 0 aliphatic rings. The first-order chi connectivity index (χ1) is 5.11. The summed E-state index contributed by atoms with van der Waals surface area (Å²) < 4.78 is 12.6. The van der Waals surface area contributed by atoms with Gasteiger partial charge in [0, 0.05) is 6.20 Å². The molecule has 1 N–H and O–H groups in total. The highest BCUT2D eigenvalue weighted by atomic mass is 79.9. The number of pyridine rings is 1. The maximum Gasteiger partial charge on any atom is 0.337 e. The quantitative estimate of drug-likeness (QED) is 0.732. The van der Waals surface area contributed by atoms with Crippen LogP contribution < -0.4 is 0 Å². The van der Waals surface area contributed by atoms with E-state index >= 15 is 0 Å². The van der Waals surface area contributed by atoms with E-state index in [1.54, 1.807) is 0 Å². The zero-order chi connectivity index (χ0) is 8.43. The van der Waals surface area contributed by atoms with Gasteiger partial charge in [-0.1, -0.05) is 0 Å². The van der Waals surface area contributed by atoms with Crippen molar-refractivity contribution < 1.29 is 14.3 Å². The molecule has 0 atom stereocenters. The van der Waals surface area contributed by atoms with Crippen LogP contribution in [0.3, 0.4) is 0 Å². The Morgan fingerprint density at radius 1 is 1.73 bits per heavy atom. The average Bonchev–Trinajstić information content (AvgIpc) is 1.94. The lowest BCUT2D eigenvalue weighted by molar-refractivity contribution is 0.0696. The lowest BCUT2D eigenvalue weighted by atomic mass is 10.3. The van der Waals surface area contributed by atoms with E-state index in [9.17, 15) is 9.18 Å². The van der Waals surface area contributed by atoms with Crippen molar-refractivity contribution in [3.05, 3.63) is 28.2 Å². The van der Waals surface area contributed by atoms with Gasteiger partial charge in [-0.2, -0.15) is 0 Å². The molecule has 0 spiro atoms. The lowest BCUT2D eigenvalue weighted by Gasteiger charge is -1.94. The number of nitrogens with zero attached hydrogens (tertiary/aromatic N) is 1. The van der Waals surface area contributed by atoms with Crippen LogP contribution in [0.15, 0.2) is 16.9 Å². The summed E-state index contributed by atoms with van der Waals surface area (Å²) in [6, 6.07) is 0.902. The third-order valence-electron chi connectivity index (χ3n) is 1.04. The van der Waals surface area contributed by atoms with Crippen molar-refractivity contribution in [2.75, 3.05) is 0 Å². The molecule has 11 heavy (non-hydrogen) atoms. The number of halogens is 2. The van der Waals surface area contributed by atoms with Crippen LogP contribution in [0.4, 0.5) is 4.39 Å². The molecule has 1 aromatic heterocycles. The highest BCUT2D eigenvalue weighted by molar-refractivity contribution is 9.10. The maximum atomic E-state index is 12.6. The van der Waals surface area contributed by atoms with E-state index in [-0.39, 0.29) is 10.2 Å². The molecule has 0 unspecified atom stereocenters. The number of aromatic carboxylic acids is 1. The predicted octanol–water partition coefficient (Wildman–Crippen LogP) is 1.68. The molecule has 1 heterocycles. The molecule has 0 amide bonds. The van der Waals surface area contributed by atoms with Crippen LogP contribution in [0.25, 0.3) is 0 Å². The smallest absolute Gasteiger partial charge is 0.337 e. The summed E-state index contributed by atoms with van der Waals surface area (Å²) in [5.74, 6) is -1.87. The largest absolute Gasteiger partial charge is 0.478 e. The molecular weight excluding hydrogens is 217 g/mol. The average molecular weight is 220 g/mol. The van der Waals surface area contributed by atoms with Crippen LogP contribution in [0.5, 0.6) is 0 Å².